The highest BCUT2D eigenvalue weighted by atomic mass is 16.2. The lowest BCUT2D eigenvalue weighted by Crippen LogP contribution is -2.47. The number of carbonyl (C=O) groups excluding carboxylic acids is 3. The molecule has 0 atom stereocenters. The van der Waals surface area contributed by atoms with Gasteiger partial charge in [0, 0.05) is 5.69 Å². The van der Waals surface area contributed by atoms with Crippen LogP contribution < -0.4 is 10.6 Å². The molecular weight excluding hydrogens is 330 g/mol. The van der Waals surface area contributed by atoms with Gasteiger partial charge in [0.2, 0.25) is 5.91 Å². The van der Waals surface area contributed by atoms with Crippen LogP contribution in [0.15, 0.2) is 12.1 Å². The van der Waals surface area contributed by atoms with Crippen molar-refractivity contribution in [1.82, 2.24) is 10.2 Å². The van der Waals surface area contributed by atoms with Crippen LogP contribution in [0, 0.1) is 20.8 Å². The van der Waals surface area contributed by atoms with Gasteiger partial charge in [-0.15, -0.1) is 0 Å². The molecule has 0 saturated carbocycles. The first-order chi connectivity index (χ1) is 12.2. The van der Waals surface area contributed by atoms with E-state index in [4.69, 9.17) is 0 Å². The van der Waals surface area contributed by atoms with Crippen LogP contribution in [0.3, 0.4) is 0 Å². The van der Waals surface area contributed by atoms with Crippen molar-refractivity contribution in [2.24, 2.45) is 0 Å². The highest BCUT2D eigenvalue weighted by Crippen LogP contribution is 2.28. The highest BCUT2D eigenvalue weighted by Gasteiger charge is 2.50. The molecule has 6 nitrogen and oxygen atoms in total. The molecule has 0 spiro atoms. The largest absolute Gasteiger partial charge is 0.325 e. The van der Waals surface area contributed by atoms with Crippen molar-refractivity contribution >= 4 is 23.5 Å². The number of hydrogen-bond acceptors (Lipinski definition) is 3. The quantitative estimate of drug-likeness (QED) is 0.732. The van der Waals surface area contributed by atoms with Crippen LogP contribution in [-0.2, 0) is 9.59 Å². The minimum atomic E-state index is -0.865. The zero-order valence-corrected chi connectivity index (χ0v) is 16.4. The van der Waals surface area contributed by atoms with E-state index in [0.29, 0.717) is 12.8 Å². The fourth-order valence-corrected chi connectivity index (χ4v) is 3.84. The van der Waals surface area contributed by atoms with E-state index in [2.05, 4.69) is 10.6 Å². The van der Waals surface area contributed by atoms with Crippen LogP contribution in [0.2, 0.25) is 0 Å². The van der Waals surface area contributed by atoms with Gasteiger partial charge >= 0.3 is 6.03 Å². The number of hydrogen-bond donors (Lipinski definition) is 2. The second-order valence-corrected chi connectivity index (χ2v) is 7.23. The van der Waals surface area contributed by atoms with Gasteiger partial charge in [-0.1, -0.05) is 44.4 Å². The lowest BCUT2D eigenvalue weighted by Gasteiger charge is -2.25. The number of urea groups is 1. The normalized spacial score (nSPS) is 16.0. The van der Waals surface area contributed by atoms with Gasteiger partial charge in [-0.25, -0.2) is 4.79 Å². The average Bonchev–Trinajstić information content (AvgIpc) is 2.76. The Labute approximate surface area is 155 Å². The van der Waals surface area contributed by atoms with Crippen LogP contribution in [0.5, 0.6) is 0 Å². The minimum absolute atomic E-state index is 0.271. The fourth-order valence-electron chi connectivity index (χ4n) is 3.84. The molecule has 1 aliphatic heterocycles. The minimum Gasteiger partial charge on any atom is -0.324 e. The van der Waals surface area contributed by atoms with Gasteiger partial charge in [0.25, 0.3) is 5.91 Å². The van der Waals surface area contributed by atoms with Gasteiger partial charge in [-0.05, 0) is 44.7 Å². The van der Waals surface area contributed by atoms with Gasteiger partial charge in [0.1, 0.15) is 12.1 Å². The summed E-state index contributed by atoms with van der Waals surface area (Å²) in [5, 5.41) is 5.68. The van der Waals surface area contributed by atoms with Gasteiger partial charge in [0.05, 0.1) is 0 Å². The molecule has 142 valence electrons. The number of nitrogens with one attached hydrogen (secondary N) is 2. The lowest BCUT2D eigenvalue weighted by atomic mass is 9.88. The van der Waals surface area contributed by atoms with E-state index in [1.807, 2.05) is 46.8 Å². The van der Waals surface area contributed by atoms with Crippen molar-refractivity contribution in [2.45, 2.75) is 65.8 Å². The summed E-state index contributed by atoms with van der Waals surface area (Å²) in [5.41, 5.74) is 2.91. The van der Waals surface area contributed by atoms with Crippen LogP contribution in [0.25, 0.3) is 0 Å². The van der Waals surface area contributed by atoms with Gasteiger partial charge in [-0.3, -0.25) is 14.5 Å². The second-order valence-electron chi connectivity index (χ2n) is 7.23. The van der Waals surface area contributed by atoms with E-state index in [9.17, 15) is 14.4 Å². The standard InChI is InChI=1S/C20H29N3O3/c1-6-8-20(9-7-2)18(25)23(19(26)22-20)12-16(24)21-17-14(4)10-13(3)11-15(17)5/h10-11H,6-9,12H2,1-5H3,(H,21,24)(H,22,26). The maximum atomic E-state index is 12.8. The Hall–Kier alpha value is -2.37. The lowest BCUT2D eigenvalue weighted by molar-refractivity contribution is -0.134. The number of benzene rings is 1. The molecule has 1 heterocycles. The Kier molecular flexibility index (Phi) is 6.05. The molecule has 26 heavy (non-hydrogen) atoms. The van der Waals surface area contributed by atoms with Crippen LogP contribution in [0.1, 0.15) is 56.2 Å². The predicted molar refractivity (Wildman–Crippen MR) is 102 cm³/mol. The summed E-state index contributed by atoms with van der Waals surface area (Å²) in [5.74, 6) is -0.661. The zero-order chi connectivity index (χ0) is 19.5. The number of imide groups is 1. The summed E-state index contributed by atoms with van der Waals surface area (Å²) >= 11 is 0. The van der Waals surface area contributed by atoms with E-state index >= 15 is 0 Å². The molecule has 0 unspecified atom stereocenters. The van der Waals surface area contributed by atoms with E-state index < -0.39 is 11.6 Å². The number of rotatable bonds is 7. The summed E-state index contributed by atoms with van der Waals surface area (Å²) in [6.45, 7) is 9.55. The number of anilines is 1. The van der Waals surface area contributed by atoms with E-state index in [-0.39, 0.29) is 18.4 Å². The molecule has 1 saturated heterocycles. The number of carbonyl (C=O) groups is 3. The molecule has 0 aromatic heterocycles. The van der Waals surface area contributed by atoms with Crippen molar-refractivity contribution in [3.05, 3.63) is 28.8 Å². The molecule has 4 amide bonds. The molecular formula is C20H29N3O3. The maximum absolute atomic E-state index is 12.8. The Morgan fingerprint density at radius 3 is 2.12 bits per heavy atom. The number of aryl methyl sites for hydroxylation is 3. The molecule has 1 fully saturated rings. The SMILES string of the molecule is CCCC1(CCC)NC(=O)N(CC(=O)Nc2c(C)cc(C)cc2C)C1=O. The number of amides is 4. The van der Waals surface area contributed by atoms with Crippen LogP contribution in [0.4, 0.5) is 10.5 Å². The summed E-state index contributed by atoms with van der Waals surface area (Å²) in [4.78, 5) is 38.7. The van der Waals surface area contributed by atoms with Crippen molar-refractivity contribution in [3.8, 4) is 0 Å². The van der Waals surface area contributed by atoms with Crippen molar-refractivity contribution in [3.63, 3.8) is 0 Å². The smallest absolute Gasteiger partial charge is 0.324 e. The van der Waals surface area contributed by atoms with Crippen molar-refractivity contribution in [1.29, 1.82) is 0 Å². The van der Waals surface area contributed by atoms with Gasteiger partial charge in [-0.2, -0.15) is 0 Å². The predicted octanol–water partition coefficient (Wildman–Crippen LogP) is 3.44. The highest BCUT2D eigenvalue weighted by molar-refractivity contribution is 6.10. The Morgan fingerprint density at radius 2 is 1.62 bits per heavy atom. The third-order valence-corrected chi connectivity index (χ3v) is 4.84. The molecule has 6 heteroatoms. The van der Waals surface area contributed by atoms with Gasteiger partial charge < -0.3 is 10.6 Å². The summed E-state index contributed by atoms with van der Waals surface area (Å²) < 4.78 is 0. The molecule has 1 aromatic rings. The van der Waals surface area contributed by atoms with E-state index in [1.165, 1.54) is 0 Å². The molecule has 1 aromatic carbocycles. The molecule has 1 aliphatic rings. The van der Waals surface area contributed by atoms with E-state index in [0.717, 1.165) is 40.1 Å². The summed E-state index contributed by atoms with van der Waals surface area (Å²) in [7, 11) is 0. The molecule has 0 radical (unpaired) electrons. The van der Waals surface area contributed by atoms with E-state index in [1.54, 1.807) is 0 Å². The first kappa shape index (κ1) is 19.9. The molecule has 2 rings (SSSR count). The zero-order valence-electron chi connectivity index (χ0n) is 16.4. The Morgan fingerprint density at radius 1 is 1.08 bits per heavy atom. The van der Waals surface area contributed by atoms with Crippen molar-refractivity contribution in [2.75, 3.05) is 11.9 Å². The van der Waals surface area contributed by atoms with Crippen molar-refractivity contribution < 1.29 is 14.4 Å². The first-order valence-corrected chi connectivity index (χ1v) is 9.26. The topological polar surface area (TPSA) is 78.5 Å². The molecule has 0 bridgehead atoms. The Bertz CT molecular complexity index is 698. The number of nitrogens with zero attached hydrogens (tertiary/aromatic N) is 1. The maximum Gasteiger partial charge on any atom is 0.325 e. The third kappa shape index (κ3) is 3.89. The van der Waals surface area contributed by atoms with Gasteiger partial charge in [0.15, 0.2) is 0 Å². The summed E-state index contributed by atoms with van der Waals surface area (Å²) in [6.07, 6.45) is 2.74. The second kappa shape index (κ2) is 7.89. The fraction of sp³-hybridized carbons (Fsp3) is 0.550. The average molecular weight is 359 g/mol. The first-order valence-electron chi connectivity index (χ1n) is 9.26. The molecule has 2 N–H and O–H groups in total. The van der Waals surface area contributed by atoms with Crippen LogP contribution in [-0.4, -0.2) is 34.8 Å². The summed E-state index contributed by atoms with van der Waals surface area (Å²) in [6, 6.07) is 3.50. The third-order valence-electron chi connectivity index (χ3n) is 4.84. The monoisotopic (exact) mass is 359 g/mol. The molecule has 0 aliphatic carbocycles. The van der Waals surface area contributed by atoms with Crippen LogP contribution >= 0.6 is 0 Å². The Balaban J connectivity index is 2.14.